The average molecular weight is 546 g/mol. The molecule has 2 aromatic heterocycles. The molecule has 0 aliphatic heterocycles. The van der Waals surface area contributed by atoms with Crippen LogP contribution >= 0.6 is 0 Å². The van der Waals surface area contributed by atoms with Crippen molar-refractivity contribution >= 4 is 27.3 Å². The highest BCUT2D eigenvalue weighted by molar-refractivity contribution is 7.91. The van der Waals surface area contributed by atoms with E-state index < -0.39 is 33.6 Å². The van der Waals surface area contributed by atoms with Gasteiger partial charge in [0.05, 0.1) is 11.2 Å². The van der Waals surface area contributed by atoms with E-state index in [4.69, 9.17) is 4.42 Å². The van der Waals surface area contributed by atoms with Gasteiger partial charge >= 0.3 is 0 Å². The second-order valence-electron chi connectivity index (χ2n) is 10.3. The van der Waals surface area contributed by atoms with Crippen LogP contribution in [0.2, 0.25) is 0 Å². The van der Waals surface area contributed by atoms with Gasteiger partial charge in [-0.15, -0.1) is 0 Å². The van der Waals surface area contributed by atoms with Gasteiger partial charge in [0, 0.05) is 23.6 Å². The van der Waals surface area contributed by atoms with Crippen LogP contribution in [0.4, 0.5) is 5.69 Å². The average Bonchev–Trinajstić information content (AvgIpc) is 3.46. The molecule has 2 heterocycles. The van der Waals surface area contributed by atoms with E-state index in [0.717, 1.165) is 11.1 Å². The summed E-state index contributed by atoms with van der Waals surface area (Å²) in [6, 6.07) is 18.9. The first-order valence-corrected chi connectivity index (χ1v) is 14.1. The van der Waals surface area contributed by atoms with Crippen molar-refractivity contribution in [3.05, 3.63) is 114 Å². The monoisotopic (exact) mass is 545 g/mol. The van der Waals surface area contributed by atoms with E-state index in [2.05, 4.69) is 31.1 Å². The van der Waals surface area contributed by atoms with Crippen molar-refractivity contribution in [2.45, 2.75) is 44.0 Å². The first-order valence-electron chi connectivity index (χ1n) is 12.4. The fourth-order valence-electron chi connectivity index (χ4n) is 4.07. The third-order valence-corrected chi connectivity index (χ3v) is 7.80. The predicted molar refractivity (Wildman–Crippen MR) is 149 cm³/mol. The highest BCUT2D eigenvalue weighted by Crippen LogP contribution is 2.32. The van der Waals surface area contributed by atoms with Gasteiger partial charge in [0.15, 0.2) is 15.6 Å². The molecule has 0 aliphatic carbocycles. The lowest BCUT2D eigenvalue weighted by Crippen LogP contribution is -2.45. The van der Waals surface area contributed by atoms with Crippen molar-refractivity contribution < 1.29 is 22.4 Å². The summed E-state index contributed by atoms with van der Waals surface area (Å²) in [4.78, 5) is 33.1. The molecule has 2 amide bonds. The zero-order chi connectivity index (χ0) is 28.2. The number of aromatic nitrogens is 1. The van der Waals surface area contributed by atoms with Gasteiger partial charge < -0.3 is 9.73 Å². The summed E-state index contributed by atoms with van der Waals surface area (Å²) in [6.07, 6.45) is 4.41. The Morgan fingerprint density at radius 3 is 2.23 bits per heavy atom. The van der Waals surface area contributed by atoms with Gasteiger partial charge in [-0.2, -0.15) is 0 Å². The van der Waals surface area contributed by atoms with E-state index in [9.17, 15) is 18.0 Å². The molecule has 0 bridgehead atoms. The molecule has 0 radical (unpaired) electrons. The van der Waals surface area contributed by atoms with Crippen LogP contribution in [-0.2, 0) is 20.0 Å². The lowest BCUT2D eigenvalue weighted by atomic mass is 9.87. The third-order valence-electron chi connectivity index (χ3n) is 6.29. The predicted octanol–water partition coefficient (Wildman–Crippen LogP) is 5.22. The molecule has 4 rings (SSSR count). The number of benzene rings is 2. The first-order chi connectivity index (χ1) is 18.5. The zero-order valence-electron chi connectivity index (χ0n) is 22.3. The van der Waals surface area contributed by atoms with Gasteiger partial charge in [-0.25, -0.2) is 8.42 Å². The highest BCUT2D eigenvalue weighted by Gasteiger charge is 2.35. The molecule has 0 saturated heterocycles. The normalized spacial score (nSPS) is 12.5. The number of anilines is 1. The number of sulfone groups is 1. The lowest BCUT2D eigenvalue weighted by Gasteiger charge is -2.31. The van der Waals surface area contributed by atoms with E-state index in [1.807, 2.05) is 19.1 Å². The quantitative estimate of drug-likeness (QED) is 0.325. The molecule has 0 aliphatic rings. The van der Waals surface area contributed by atoms with Crippen LogP contribution in [-0.4, -0.2) is 31.1 Å². The van der Waals surface area contributed by atoms with Gasteiger partial charge in [-0.1, -0.05) is 56.7 Å². The highest BCUT2D eigenvalue weighted by atomic mass is 32.2. The van der Waals surface area contributed by atoms with Gasteiger partial charge in [0.1, 0.15) is 11.9 Å². The fourth-order valence-corrected chi connectivity index (χ4v) is 5.12. The smallest absolute Gasteiger partial charge is 0.294 e. The minimum Gasteiger partial charge on any atom is -0.459 e. The minimum atomic E-state index is -3.83. The topological polar surface area (TPSA) is 110 Å². The number of amides is 2. The van der Waals surface area contributed by atoms with Crippen molar-refractivity contribution in [3.63, 3.8) is 0 Å². The molecule has 4 aromatic rings. The maximum atomic E-state index is 13.8. The van der Waals surface area contributed by atoms with Gasteiger partial charge in [0.25, 0.3) is 5.91 Å². The van der Waals surface area contributed by atoms with Crippen molar-refractivity contribution in [1.82, 2.24) is 10.3 Å². The molecule has 0 spiro atoms. The lowest BCUT2D eigenvalue weighted by molar-refractivity contribution is -0.122. The first kappa shape index (κ1) is 27.8. The van der Waals surface area contributed by atoms with Crippen LogP contribution in [0.3, 0.4) is 0 Å². The third kappa shape index (κ3) is 6.43. The van der Waals surface area contributed by atoms with Crippen LogP contribution in [0.25, 0.3) is 0 Å². The molecule has 1 unspecified atom stereocenters. The molecule has 202 valence electrons. The number of aryl methyl sites for hydroxylation is 1. The Kier molecular flexibility index (Phi) is 8.01. The molecule has 2 aromatic carbocycles. The molecule has 1 N–H and O–H groups in total. The number of carbonyl (C=O) groups is 2. The summed E-state index contributed by atoms with van der Waals surface area (Å²) in [7, 11) is -3.83. The van der Waals surface area contributed by atoms with E-state index in [1.165, 1.54) is 35.6 Å². The summed E-state index contributed by atoms with van der Waals surface area (Å²) in [5.41, 5.74) is 2.68. The summed E-state index contributed by atoms with van der Waals surface area (Å²) < 4.78 is 31.3. The Hall–Kier alpha value is -4.24. The van der Waals surface area contributed by atoms with Crippen LogP contribution in [0.15, 0.2) is 101 Å². The molecule has 9 heteroatoms. The largest absolute Gasteiger partial charge is 0.459 e. The van der Waals surface area contributed by atoms with Gasteiger partial charge in [0.2, 0.25) is 5.91 Å². The number of hydrogen-bond acceptors (Lipinski definition) is 6. The standard InChI is InChI=1S/C30H31N3O5S/c1-21-9-15-25(16-10-21)39(36,37)20-32-28(34)27(22-7-5-17-31-19-22)33(29(35)26-8-6-18-38-26)24-13-11-23(12-14-24)30(2,3)4/h5-19,27H,20H2,1-4H3,(H,32,34). The van der Waals surface area contributed by atoms with E-state index in [-0.39, 0.29) is 16.1 Å². The zero-order valence-corrected chi connectivity index (χ0v) is 23.1. The van der Waals surface area contributed by atoms with Crippen molar-refractivity contribution in [2.24, 2.45) is 0 Å². The Balaban J connectivity index is 1.74. The summed E-state index contributed by atoms with van der Waals surface area (Å²) in [5, 5.41) is 2.54. The van der Waals surface area contributed by atoms with E-state index in [0.29, 0.717) is 11.3 Å². The number of pyridine rings is 1. The van der Waals surface area contributed by atoms with Crippen molar-refractivity contribution in [2.75, 3.05) is 10.8 Å². The second-order valence-corrected chi connectivity index (χ2v) is 12.2. The maximum absolute atomic E-state index is 13.8. The minimum absolute atomic E-state index is 0.0314. The van der Waals surface area contributed by atoms with Crippen LogP contribution in [0, 0.1) is 6.92 Å². The Morgan fingerprint density at radius 2 is 1.67 bits per heavy atom. The fraction of sp³-hybridized carbons (Fsp3) is 0.233. The summed E-state index contributed by atoms with van der Waals surface area (Å²) in [5.74, 6) is -1.85. The number of hydrogen-bond donors (Lipinski definition) is 1. The van der Waals surface area contributed by atoms with Crippen LogP contribution in [0.1, 0.15) is 54.1 Å². The number of furan rings is 1. The Bertz CT molecular complexity index is 1530. The number of nitrogens with one attached hydrogen (secondary N) is 1. The second kappa shape index (κ2) is 11.2. The Morgan fingerprint density at radius 1 is 0.974 bits per heavy atom. The number of rotatable bonds is 8. The van der Waals surface area contributed by atoms with E-state index >= 15 is 0 Å². The Labute approximate surface area is 228 Å². The maximum Gasteiger partial charge on any atom is 0.294 e. The van der Waals surface area contributed by atoms with Crippen LogP contribution in [0.5, 0.6) is 0 Å². The summed E-state index contributed by atoms with van der Waals surface area (Å²) >= 11 is 0. The molecule has 0 saturated carbocycles. The van der Waals surface area contributed by atoms with Gasteiger partial charge in [-0.05, 0) is 60.4 Å². The number of nitrogens with zero attached hydrogens (tertiary/aromatic N) is 2. The van der Waals surface area contributed by atoms with E-state index in [1.54, 1.807) is 48.7 Å². The summed E-state index contributed by atoms with van der Waals surface area (Å²) in [6.45, 7) is 8.09. The molecule has 39 heavy (non-hydrogen) atoms. The molecule has 8 nitrogen and oxygen atoms in total. The van der Waals surface area contributed by atoms with Crippen molar-refractivity contribution in [3.8, 4) is 0 Å². The molecular weight excluding hydrogens is 514 g/mol. The molecular formula is C30H31N3O5S. The number of carbonyl (C=O) groups excluding carboxylic acids is 2. The molecule has 1 atom stereocenters. The molecule has 0 fully saturated rings. The van der Waals surface area contributed by atoms with Crippen molar-refractivity contribution in [1.29, 1.82) is 0 Å². The van der Waals surface area contributed by atoms with Gasteiger partial charge in [-0.3, -0.25) is 19.5 Å². The SMILES string of the molecule is Cc1ccc(S(=O)(=O)CNC(=O)C(c2cccnc2)N(C(=O)c2ccco2)c2ccc(C(C)(C)C)cc2)cc1. The van der Waals surface area contributed by atoms with Crippen LogP contribution < -0.4 is 10.2 Å².